The summed E-state index contributed by atoms with van der Waals surface area (Å²) in [6.07, 6.45) is 8.74. The fourth-order valence-electron chi connectivity index (χ4n) is 4.42. The summed E-state index contributed by atoms with van der Waals surface area (Å²) in [5, 5.41) is 18.6. The van der Waals surface area contributed by atoms with Gasteiger partial charge in [-0.25, -0.2) is 0 Å². The molecular weight excluding hydrogens is 725 g/mol. The van der Waals surface area contributed by atoms with Gasteiger partial charge in [0.2, 0.25) is 0 Å². The van der Waals surface area contributed by atoms with Crippen molar-refractivity contribution in [3.8, 4) is 11.5 Å². The van der Waals surface area contributed by atoms with Crippen molar-refractivity contribution in [3.63, 3.8) is 0 Å². The molecule has 2 aliphatic carbocycles. The minimum atomic E-state index is -0.181. The number of ketones is 2. The minimum Gasteiger partial charge on any atom is -1.00 e. The molecule has 238 valence electrons. The Morgan fingerprint density at radius 1 is 0.818 bits per heavy atom. The maximum absolute atomic E-state index is 11.2. The summed E-state index contributed by atoms with van der Waals surface area (Å²) < 4.78 is 5.57. The van der Waals surface area contributed by atoms with E-state index in [0.29, 0.717) is 54.5 Å². The van der Waals surface area contributed by atoms with E-state index in [4.69, 9.17) is 43.1 Å². The van der Waals surface area contributed by atoms with E-state index in [1.54, 1.807) is 12.1 Å². The molecule has 4 rings (SSSR count). The van der Waals surface area contributed by atoms with Crippen LogP contribution in [0.1, 0.15) is 96.0 Å². The number of hydrogen-bond donors (Lipinski definition) is 1. The molecule has 44 heavy (non-hydrogen) atoms. The third kappa shape index (κ3) is 23.5. The monoisotopic (exact) mass is 768 g/mol. The Hall–Kier alpha value is 1.14. The average molecular weight is 771 g/mol. The predicted molar refractivity (Wildman–Crippen MR) is 172 cm³/mol. The van der Waals surface area contributed by atoms with Crippen molar-refractivity contribution in [1.29, 1.82) is 0 Å². The zero-order valence-corrected chi connectivity index (χ0v) is 34.6. The molecule has 0 amide bonds. The molecular formula is C32H45BrCl2K2O7. The SMILES string of the molecule is C.ClCCCBr.O=C1CCC(c2ccc(O)cc2)CC1.O=C1CCC(c2ccc(OCCCCl)cc2)CC1.O=CO[O-].[H-].[K+].[K+]. The fourth-order valence-corrected chi connectivity index (χ4v) is 5.27. The number of alkyl halides is 3. The topological polar surface area (TPSA) is 113 Å². The second-order valence-corrected chi connectivity index (χ2v) is 11.2. The summed E-state index contributed by atoms with van der Waals surface area (Å²) in [5.41, 5.74) is 2.57. The van der Waals surface area contributed by atoms with Crippen molar-refractivity contribution < 1.29 is 139 Å². The molecule has 0 atom stereocenters. The number of halogens is 3. The molecule has 2 fully saturated rings. The van der Waals surface area contributed by atoms with Gasteiger partial charge in [-0.1, -0.05) is 47.6 Å². The van der Waals surface area contributed by atoms with Gasteiger partial charge in [0.05, 0.1) is 6.61 Å². The van der Waals surface area contributed by atoms with Gasteiger partial charge in [0, 0.05) is 42.8 Å². The van der Waals surface area contributed by atoms with Gasteiger partial charge in [-0.15, -0.1) is 23.2 Å². The fraction of sp³-hybridized carbons (Fsp3) is 0.531. The molecule has 12 heteroatoms. The van der Waals surface area contributed by atoms with Crippen LogP contribution >= 0.6 is 39.1 Å². The van der Waals surface area contributed by atoms with Crippen LogP contribution in [0.15, 0.2) is 48.5 Å². The van der Waals surface area contributed by atoms with E-state index in [9.17, 15) is 9.59 Å². The molecule has 0 aromatic heterocycles. The number of rotatable bonds is 9. The van der Waals surface area contributed by atoms with Gasteiger partial charge in [0.15, 0.2) is 0 Å². The van der Waals surface area contributed by atoms with Crippen molar-refractivity contribution in [2.45, 2.75) is 83.5 Å². The first-order chi connectivity index (χ1) is 19.9. The summed E-state index contributed by atoms with van der Waals surface area (Å²) in [4.78, 5) is 33.5. The zero-order valence-electron chi connectivity index (χ0n) is 26.3. The number of benzene rings is 2. The molecule has 0 unspecified atom stereocenters. The van der Waals surface area contributed by atoms with Gasteiger partial charge in [-0.2, -0.15) is 0 Å². The molecule has 2 aliphatic rings. The number of hydrogen-bond acceptors (Lipinski definition) is 7. The number of carbonyl (C=O) groups is 3. The zero-order chi connectivity index (χ0) is 30.3. The van der Waals surface area contributed by atoms with Gasteiger partial charge in [-0.05, 0) is 85.8 Å². The van der Waals surface area contributed by atoms with E-state index < -0.39 is 0 Å². The van der Waals surface area contributed by atoms with E-state index in [2.05, 4.69) is 33.0 Å². The van der Waals surface area contributed by atoms with Crippen molar-refractivity contribution in [3.05, 3.63) is 59.7 Å². The van der Waals surface area contributed by atoms with Crippen LogP contribution in [0.3, 0.4) is 0 Å². The second-order valence-electron chi connectivity index (χ2n) is 9.60. The second kappa shape index (κ2) is 32.7. The normalized spacial score (nSPS) is 14.2. The minimum absolute atomic E-state index is 0. The average Bonchev–Trinajstić information content (AvgIpc) is 3.00. The number of phenols is 1. The molecule has 2 aromatic rings. The van der Waals surface area contributed by atoms with Crippen LogP contribution in [0.5, 0.6) is 11.5 Å². The largest absolute Gasteiger partial charge is 1.00 e. The van der Waals surface area contributed by atoms with Crippen molar-refractivity contribution in [2.75, 3.05) is 23.7 Å². The van der Waals surface area contributed by atoms with Crippen LogP contribution < -0.4 is 113 Å². The molecule has 0 saturated heterocycles. The Morgan fingerprint density at radius 3 is 1.52 bits per heavy atom. The van der Waals surface area contributed by atoms with E-state index in [1.807, 2.05) is 24.3 Å². The molecule has 0 spiro atoms. The summed E-state index contributed by atoms with van der Waals surface area (Å²) >= 11 is 14.1. The van der Waals surface area contributed by atoms with Gasteiger partial charge in [0.1, 0.15) is 23.1 Å². The van der Waals surface area contributed by atoms with Gasteiger partial charge >= 0.3 is 103 Å². The Kier molecular flexibility index (Phi) is 36.8. The smallest absolute Gasteiger partial charge is 1.00 e. The molecule has 0 aliphatic heterocycles. The Labute approximate surface area is 368 Å². The number of carbonyl (C=O) groups excluding carboxylic acids is 3. The van der Waals surface area contributed by atoms with E-state index in [1.165, 1.54) is 11.1 Å². The van der Waals surface area contributed by atoms with Crippen LogP contribution in [0.25, 0.3) is 0 Å². The molecule has 2 aromatic carbocycles. The maximum Gasteiger partial charge on any atom is 1.00 e. The Balaban J connectivity index is -0.000000279. The standard InChI is InChI=1S/C15H19ClO2.C12H14O2.C3H6BrCl.CH2O3.CH4.2K.H/c16-10-1-11-18-15-8-4-13(5-9-15)12-2-6-14(17)7-3-12;13-11-5-1-9(2-6-11)10-3-7-12(14)8-4-10;4-2-1-3-5;2-1-4-3;;;;/h4-5,8-9,12H,1-3,6-7,10-11H2;1-2,5-6,10,13H,3-4,7-8H2;1-3H2;1,3H;1H4;;;/q;;;;;2*+1;-1/p-1. The maximum atomic E-state index is 11.2. The summed E-state index contributed by atoms with van der Waals surface area (Å²) in [6, 6.07) is 15.6. The van der Waals surface area contributed by atoms with E-state index in [-0.39, 0.29) is 118 Å². The van der Waals surface area contributed by atoms with Crippen molar-refractivity contribution in [1.82, 2.24) is 0 Å². The Bertz CT molecular complexity index is 984. The summed E-state index contributed by atoms with van der Waals surface area (Å²) in [6.45, 7) is 0.487. The molecule has 2 saturated carbocycles. The van der Waals surface area contributed by atoms with Crippen molar-refractivity contribution >= 4 is 57.2 Å². The number of ether oxygens (including phenoxy) is 1. The Morgan fingerprint density at radius 2 is 1.20 bits per heavy atom. The van der Waals surface area contributed by atoms with Gasteiger partial charge in [0.25, 0.3) is 6.47 Å². The first-order valence-corrected chi connectivity index (χ1v) is 16.0. The molecule has 7 nitrogen and oxygen atoms in total. The van der Waals surface area contributed by atoms with Crippen LogP contribution in [-0.2, 0) is 19.3 Å². The first kappa shape index (κ1) is 49.5. The molecule has 0 heterocycles. The molecule has 0 radical (unpaired) electrons. The first-order valence-electron chi connectivity index (χ1n) is 13.8. The van der Waals surface area contributed by atoms with E-state index in [0.717, 1.165) is 68.3 Å². The summed E-state index contributed by atoms with van der Waals surface area (Å²) in [5.74, 6) is 4.45. The summed E-state index contributed by atoms with van der Waals surface area (Å²) in [7, 11) is 0. The molecule has 1 N–H and O–H groups in total. The van der Waals surface area contributed by atoms with Gasteiger partial charge in [-0.3, -0.25) is 14.4 Å². The van der Waals surface area contributed by atoms with Crippen LogP contribution in [-0.4, -0.2) is 46.8 Å². The number of phenolic OH excluding ortho intramolecular Hbond substituents is 1. The van der Waals surface area contributed by atoms with Crippen LogP contribution in [0.4, 0.5) is 0 Å². The number of Topliss-reactive ketones (excluding diaryl/α,β-unsaturated/α-hetero) is 2. The predicted octanol–water partition coefficient (Wildman–Crippen LogP) is 1.74. The van der Waals surface area contributed by atoms with Gasteiger partial charge < -0.3 is 21.4 Å². The van der Waals surface area contributed by atoms with Crippen LogP contribution in [0.2, 0.25) is 0 Å². The number of aromatic hydroxyl groups is 1. The van der Waals surface area contributed by atoms with E-state index >= 15 is 0 Å². The van der Waals surface area contributed by atoms with Crippen molar-refractivity contribution in [2.24, 2.45) is 0 Å². The van der Waals surface area contributed by atoms with Crippen LogP contribution in [0, 0.1) is 0 Å². The third-order valence-corrected chi connectivity index (χ3v) is 7.75. The third-order valence-electron chi connectivity index (χ3n) is 6.66. The quantitative estimate of drug-likeness (QED) is 0.103. The molecule has 0 bridgehead atoms.